The second-order valence-electron chi connectivity index (χ2n) is 8.38. The molecule has 35 heavy (non-hydrogen) atoms. The zero-order valence-electron chi connectivity index (χ0n) is 18.6. The molecule has 0 saturated carbocycles. The number of alkyl halides is 3. The number of nitrogens with zero attached hydrogens (tertiary/aromatic N) is 1. The number of aromatic amines is 1. The van der Waals surface area contributed by atoms with Gasteiger partial charge in [-0.2, -0.15) is 17.7 Å². The molecule has 176 valence electrons. The lowest BCUT2D eigenvalue weighted by molar-refractivity contribution is -0.676. The summed E-state index contributed by atoms with van der Waals surface area (Å²) in [5.41, 5.74) is 3.72. The largest absolute Gasteiger partial charge is 0.497 e. The quantitative estimate of drug-likeness (QED) is 0.319. The van der Waals surface area contributed by atoms with Gasteiger partial charge in [0.25, 0.3) is 0 Å². The van der Waals surface area contributed by atoms with Crippen molar-refractivity contribution in [2.75, 3.05) is 13.9 Å². The molecule has 5 nitrogen and oxygen atoms in total. The van der Waals surface area contributed by atoms with Gasteiger partial charge < -0.3 is 19.2 Å². The highest BCUT2D eigenvalue weighted by atomic mass is 19.4. The standard InChI is InChI=1S/C27H19F3N2O3/c1-33-19-7-8-22-21(13-19)20-10-11-32(14-16-2-5-18(6-3-16)27(28,29)30)26(25(20)31-22)17-4-9-23-24(12-17)35-15-34-23/h2-13H,14-15H2,1H3/p+1. The number of aromatic nitrogens is 2. The number of rotatable bonds is 4. The number of hydrogen-bond acceptors (Lipinski definition) is 3. The van der Waals surface area contributed by atoms with Gasteiger partial charge in [-0.15, -0.1) is 0 Å². The minimum Gasteiger partial charge on any atom is -0.497 e. The predicted molar refractivity (Wildman–Crippen MR) is 125 cm³/mol. The van der Waals surface area contributed by atoms with E-state index in [1.54, 1.807) is 7.11 Å². The highest BCUT2D eigenvalue weighted by molar-refractivity contribution is 6.10. The van der Waals surface area contributed by atoms with Gasteiger partial charge in [-0.05, 0) is 48.5 Å². The van der Waals surface area contributed by atoms with E-state index in [2.05, 4.69) is 4.98 Å². The van der Waals surface area contributed by atoms with Crippen LogP contribution < -0.4 is 18.8 Å². The van der Waals surface area contributed by atoms with Crippen molar-refractivity contribution in [3.05, 3.63) is 84.1 Å². The van der Waals surface area contributed by atoms with Crippen LogP contribution in [0.25, 0.3) is 33.1 Å². The summed E-state index contributed by atoms with van der Waals surface area (Å²) < 4.78 is 57.6. The van der Waals surface area contributed by atoms with Crippen molar-refractivity contribution in [1.82, 2.24) is 4.98 Å². The van der Waals surface area contributed by atoms with Gasteiger partial charge >= 0.3 is 6.18 Å². The van der Waals surface area contributed by atoms with Gasteiger partial charge in [0.1, 0.15) is 11.3 Å². The number of ether oxygens (including phenoxy) is 3. The molecule has 0 saturated heterocycles. The molecule has 0 fully saturated rings. The number of pyridine rings is 1. The van der Waals surface area contributed by atoms with Crippen molar-refractivity contribution in [3.8, 4) is 28.5 Å². The molecule has 0 aliphatic carbocycles. The van der Waals surface area contributed by atoms with Crippen molar-refractivity contribution in [1.29, 1.82) is 0 Å². The van der Waals surface area contributed by atoms with Crippen LogP contribution in [0.15, 0.2) is 72.9 Å². The van der Waals surface area contributed by atoms with Crippen LogP contribution in [-0.4, -0.2) is 18.9 Å². The van der Waals surface area contributed by atoms with Crippen LogP contribution in [0, 0.1) is 0 Å². The molecule has 1 N–H and O–H groups in total. The Hall–Kier alpha value is -4.20. The Morgan fingerprint density at radius 2 is 1.71 bits per heavy atom. The molecule has 0 radical (unpaired) electrons. The van der Waals surface area contributed by atoms with Crippen LogP contribution in [0.3, 0.4) is 0 Å². The maximum atomic E-state index is 13.0. The Kier molecular flexibility index (Phi) is 4.84. The van der Waals surface area contributed by atoms with E-state index in [1.165, 1.54) is 12.1 Å². The highest BCUT2D eigenvalue weighted by Crippen LogP contribution is 2.38. The minimum absolute atomic E-state index is 0.167. The van der Waals surface area contributed by atoms with Crippen LogP contribution >= 0.6 is 0 Å². The van der Waals surface area contributed by atoms with E-state index in [0.717, 1.165) is 56.5 Å². The predicted octanol–water partition coefficient (Wildman–Crippen LogP) is 6.08. The summed E-state index contributed by atoms with van der Waals surface area (Å²) in [5.74, 6) is 2.08. The number of fused-ring (bicyclic) bond motifs is 4. The third kappa shape index (κ3) is 3.71. The molecular formula is C27H20F3N2O3+. The first-order chi connectivity index (χ1) is 16.9. The molecular weight excluding hydrogens is 457 g/mol. The molecule has 2 aromatic heterocycles. The lowest BCUT2D eigenvalue weighted by Crippen LogP contribution is -2.36. The maximum Gasteiger partial charge on any atom is 0.416 e. The lowest BCUT2D eigenvalue weighted by Gasteiger charge is -2.09. The topological polar surface area (TPSA) is 47.4 Å². The van der Waals surface area contributed by atoms with Gasteiger partial charge in [0.05, 0.1) is 18.2 Å². The van der Waals surface area contributed by atoms with Gasteiger partial charge in [0, 0.05) is 27.9 Å². The monoisotopic (exact) mass is 477 g/mol. The van der Waals surface area contributed by atoms with E-state index < -0.39 is 11.7 Å². The number of methoxy groups -OCH3 is 1. The van der Waals surface area contributed by atoms with Crippen LogP contribution in [-0.2, 0) is 12.7 Å². The Morgan fingerprint density at radius 3 is 2.49 bits per heavy atom. The SMILES string of the molecule is COc1ccc2[nH]c3c(-c4ccc5c(c4)OCO5)[n+](Cc4ccc(C(F)(F)F)cc4)ccc3c2c1. The second-order valence-corrected chi connectivity index (χ2v) is 8.38. The molecule has 0 amide bonds. The van der Waals surface area contributed by atoms with E-state index in [0.29, 0.717) is 18.0 Å². The molecule has 1 aliphatic rings. The zero-order valence-corrected chi connectivity index (χ0v) is 18.6. The molecule has 0 unspecified atom stereocenters. The summed E-state index contributed by atoms with van der Waals surface area (Å²) in [5, 5.41) is 2.03. The second kappa shape index (κ2) is 7.94. The first kappa shape index (κ1) is 21.3. The van der Waals surface area contributed by atoms with Crippen LogP contribution in [0.1, 0.15) is 11.1 Å². The molecule has 1 aliphatic heterocycles. The van der Waals surface area contributed by atoms with Crippen molar-refractivity contribution in [2.45, 2.75) is 12.7 Å². The summed E-state index contributed by atoms with van der Waals surface area (Å²) in [6.45, 7) is 0.553. The summed E-state index contributed by atoms with van der Waals surface area (Å²) in [6, 6.07) is 18.9. The van der Waals surface area contributed by atoms with E-state index in [1.807, 2.05) is 53.2 Å². The highest BCUT2D eigenvalue weighted by Gasteiger charge is 2.30. The first-order valence-electron chi connectivity index (χ1n) is 11.0. The normalized spacial score (nSPS) is 13.0. The average molecular weight is 477 g/mol. The molecule has 3 aromatic carbocycles. The molecule has 3 heterocycles. The Labute approximate surface area is 198 Å². The maximum absolute atomic E-state index is 13.0. The number of hydrogen-bond donors (Lipinski definition) is 1. The molecule has 8 heteroatoms. The van der Waals surface area contributed by atoms with E-state index in [4.69, 9.17) is 14.2 Å². The number of H-pyrrole nitrogens is 1. The van der Waals surface area contributed by atoms with Gasteiger partial charge in [-0.1, -0.05) is 12.1 Å². The van der Waals surface area contributed by atoms with Gasteiger partial charge in [0.15, 0.2) is 24.2 Å². The Morgan fingerprint density at radius 1 is 0.914 bits per heavy atom. The van der Waals surface area contributed by atoms with E-state index >= 15 is 0 Å². The Balaban J connectivity index is 1.53. The van der Waals surface area contributed by atoms with Gasteiger partial charge in [-0.25, -0.2) is 0 Å². The van der Waals surface area contributed by atoms with Crippen molar-refractivity contribution < 1.29 is 31.9 Å². The minimum atomic E-state index is -4.37. The summed E-state index contributed by atoms with van der Waals surface area (Å²) >= 11 is 0. The molecule has 0 atom stereocenters. The third-order valence-electron chi connectivity index (χ3n) is 6.27. The molecule has 6 rings (SSSR count). The van der Waals surface area contributed by atoms with Gasteiger partial charge in [-0.3, -0.25) is 0 Å². The number of nitrogens with one attached hydrogen (secondary N) is 1. The molecule has 0 bridgehead atoms. The molecule has 0 spiro atoms. The van der Waals surface area contributed by atoms with Crippen LogP contribution in [0.4, 0.5) is 13.2 Å². The fraction of sp³-hybridized carbons (Fsp3) is 0.148. The van der Waals surface area contributed by atoms with Crippen molar-refractivity contribution in [2.24, 2.45) is 0 Å². The average Bonchev–Trinajstić information content (AvgIpc) is 3.47. The fourth-order valence-corrected chi connectivity index (χ4v) is 4.54. The fourth-order valence-electron chi connectivity index (χ4n) is 4.54. The number of halogens is 3. The molecule has 5 aromatic rings. The van der Waals surface area contributed by atoms with E-state index in [9.17, 15) is 13.2 Å². The summed E-state index contributed by atoms with van der Waals surface area (Å²) in [4.78, 5) is 3.52. The smallest absolute Gasteiger partial charge is 0.416 e. The van der Waals surface area contributed by atoms with E-state index in [-0.39, 0.29) is 6.79 Å². The van der Waals surface area contributed by atoms with Crippen molar-refractivity contribution in [3.63, 3.8) is 0 Å². The lowest BCUT2D eigenvalue weighted by atomic mass is 10.1. The first-order valence-corrected chi connectivity index (χ1v) is 11.0. The zero-order chi connectivity index (χ0) is 24.2. The third-order valence-corrected chi connectivity index (χ3v) is 6.27. The van der Waals surface area contributed by atoms with Crippen LogP contribution in [0.2, 0.25) is 0 Å². The van der Waals surface area contributed by atoms with Crippen LogP contribution in [0.5, 0.6) is 17.2 Å². The van der Waals surface area contributed by atoms with Crippen molar-refractivity contribution >= 4 is 21.8 Å². The summed E-state index contributed by atoms with van der Waals surface area (Å²) in [7, 11) is 1.63. The number of benzene rings is 3. The summed E-state index contributed by atoms with van der Waals surface area (Å²) in [6.07, 6.45) is -2.42. The Bertz CT molecular complexity index is 1570. The van der Waals surface area contributed by atoms with Gasteiger partial charge in [0.2, 0.25) is 12.5 Å².